The highest BCUT2D eigenvalue weighted by molar-refractivity contribution is 5.63. The number of phenols is 2. The molecule has 0 spiro atoms. The fourth-order valence-electron chi connectivity index (χ4n) is 2.56. The Morgan fingerprint density at radius 2 is 1.30 bits per heavy atom. The maximum Gasteiger partial charge on any atom is 0.126 e. The highest BCUT2D eigenvalue weighted by Crippen LogP contribution is 2.27. The molecule has 1 rings (SSSR count). The molecular formula is C21H32O2. The smallest absolute Gasteiger partial charge is 0.126 e. The van der Waals surface area contributed by atoms with E-state index in [1.165, 1.54) is 51.4 Å². The van der Waals surface area contributed by atoms with Crippen molar-refractivity contribution in [2.45, 2.75) is 71.1 Å². The van der Waals surface area contributed by atoms with Gasteiger partial charge in [0.1, 0.15) is 11.5 Å². The van der Waals surface area contributed by atoms with Crippen LogP contribution in [0.2, 0.25) is 0 Å². The van der Waals surface area contributed by atoms with Crippen molar-refractivity contribution >= 4 is 6.08 Å². The normalized spacial score (nSPS) is 11.7. The second kappa shape index (κ2) is 12.8. The van der Waals surface area contributed by atoms with E-state index in [9.17, 15) is 10.2 Å². The first kappa shape index (κ1) is 19.3. The number of rotatable bonds is 12. The van der Waals surface area contributed by atoms with Gasteiger partial charge in [0.25, 0.3) is 0 Å². The summed E-state index contributed by atoms with van der Waals surface area (Å²) in [5.74, 6) is 0.242. The molecule has 23 heavy (non-hydrogen) atoms. The summed E-state index contributed by atoms with van der Waals surface area (Å²) in [6, 6.07) is 4.80. The van der Waals surface area contributed by atoms with Crippen LogP contribution in [-0.2, 0) is 0 Å². The van der Waals surface area contributed by atoms with Crippen LogP contribution in [-0.4, -0.2) is 10.2 Å². The minimum Gasteiger partial charge on any atom is -0.507 e. The van der Waals surface area contributed by atoms with Crippen molar-refractivity contribution in [3.05, 3.63) is 42.0 Å². The van der Waals surface area contributed by atoms with Gasteiger partial charge in [0.05, 0.1) is 5.56 Å². The molecule has 1 aromatic carbocycles. The van der Waals surface area contributed by atoms with Crippen molar-refractivity contribution in [3.63, 3.8) is 0 Å². The van der Waals surface area contributed by atoms with Crippen molar-refractivity contribution in [3.8, 4) is 11.5 Å². The molecule has 2 heteroatoms. The van der Waals surface area contributed by atoms with Crippen molar-refractivity contribution in [1.82, 2.24) is 0 Å². The molecule has 2 N–H and O–H groups in total. The Balaban J connectivity index is 2.05. The molecule has 1 aromatic rings. The number of hydrogen-bond donors (Lipinski definition) is 2. The van der Waals surface area contributed by atoms with E-state index in [0.717, 1.165) is 12.8 Å². The second-order valence-corrected chi connectivity index (χ2v) is 6.07. The second-order valence-electron chi connectivity index (χ2n) is 6.07. The Morgan fingerprint density at radius 3 is 2.00 bits per heavy atom. The zero-order chi connectivity index (χ0) is 16.8. The summed E-state index contributed by atoms with van der Waals surface area (Å²) in [5, 5.41) is 19.3. The standard InChI is InChI=1S/C21H32O2/c1-2-3-4-5-6-7-8-9-10-11-12-13-14-16-19-20(22)17-15-18-21(19)23/h10-11,14-18,22-23H,2-9,12-13H2,1H3. The van der Waals surface area contributed by atoms with Crippen LogP contribution in [0.3, 0.4) is 0 Å². The summed E-state index contributed by atoms with van der Waals surface area (Å²) >= 11 is 0. The zero-order valence-corrected chi connectivity index (χ0v) is 14.5. The average Bonchev–Trinajstić information content (AvgIpc) is 2.54. The van der Waals surface area contributed by atoms with E-state index in [1.807, 2.05) is 6.08 Å². The first-order valence-corrected chi connectivity index (χ1v) is 9.08. The van der Waals surface area contributed by atoms with Gasteiger partial charge in [-0.15, -0.1) is 0 Å². The van der Waals surface area contributed by atoms with Crippen molar-refractivity contribution in [2.75, 3.05) is 0 Å². The predicted octanol–water partition coefficient (Wildman–Crippen LogP) is 6.59. The number of phenolic OH excluding ortho intramolecular Hbond substituents is 2. The van der Waals surface area contributed by atoms with E-state index in [2.05, 4.69) is 19.1 Å². The number of allylic oxidation sites excluding steroid dienone is 3. The Kier molecular flexibility index (Phi) is 10.8. The maximum atomic E-state index is 9.66. The molecule has 0 atom stereocenters. The van der Waals surface area contributed by atoms with Gasteiger partial charge in [0, 0.05) is 0 Å². The lowest BCUT2D eigenvalue weighted by Gasteiger charge is -2.01. The molecule has 0 saturated heterocycles. The zero-order valence-electron chi connectivity index (χ0n) is 14.5. The number of aromatic hydroxyl groups is 2. The van der Waals surface area contributed by atoms with Gasteiger partial charge in [-0.3, -0.25) is 0 Å². The van der Waals surface area contributed by atoms with Crippen molar-refractivity contribution < 1.29 is 10.2 Å². The molecule has 0 radical (unpaired) electrons. The van der Waals surface area contributed by atoms with Gasteiger partial charge in [-0.2, -0.15) is 0 Å². The van der Waals surface area contributed by atoms with Crippen LogP contribution in [0.15, 0.2) is 36.4 Å². The maximum absolute atomic E-state index is 9.66. The van der Waals surface area contributed by atoms with Crippen LogP contribution in [0, 0.1) is 0 Å². The Hall–Kier alpha value is -1.70. The Morgan fingerprint density at radius 1 is 0.739 bits per heavy atom. The largest absolute Gasteiger partial charge is 0.507 e. The summed E-state index contributed by atoms with van der Waals surface area (Å²) in [5.41, 5.74) is 0.500. The Bertz CT molecular complexity index is 454. The van der Waals surface area contributed by atoms with Gasteiger partial charge >= 0.3 is 0 Å². The molecule has 0 heterocycles. The van der Waals surface area contributed by atoms with Crippen LogP contribution < -0.4 is 0 Å². The molecule has 0 unspecified atom stereocenters. The molecule has 128 valence electrons. The molecule has 0 fully saturated rings. The molecule has 0 aromatic heterocycles. The highest BCUT2D eigenvalue weighted by Gasteiger charge is 2.01. The fourth-order valence-corrected chi connectivity index (χ4v) is 2.56. The van der Waals surface area contributed by atoms with Gasteiger partial charge in [-0.1, -0.05) is 75.8 Å². The summed E-state index contributed by atoms with van der Waals surface area (Å²) in [6.07, 6.45) is 20.9. The molecule has 2 nitrogen and oxygen atoms in total. The first-order chi connectivity index (χ1) is 11.3. The van der Waals surface area contributed by atoms with E-state index < -0.39 is 0 Å². The van der Waals surface area contributed by atoms with E-state index >= 15 is 0 Å². The Labute approximate surface area is 141 Å². The fraction of sp³-hybridized carbons (Fsp3) is 0.524. The van der Waals surface area contributed by atoms with Gasteiger partial charge in [0.2, 0.25) is 0 Å². The van der Waals surface area contributed by atoms with Gasteiger partial charge in [-0.05, 0) is 37.8 Å². The summed E-state index contributed by atoms with van der Waals surface area (Å²) in [4.78, 5) is 0. The van der Waals surface area contributed by atoms with Crippen LogP contribution >= 0.6 is 0 Å². The lowest BCUT2D eigenvalue weighted by molar-refractivity contribution is 0.448. The van der Waals surface area contributed by atoms with Gasteiger partial charge in [-0.25, -0.2) is 0 Å². The molecule has 0 aliphatic rings. The molecule has 0 amide bonds. The molecule has 0 saturated carbocycles. The van der Waals surface area contributed by atoms with Gasteiger partial charge in [0.15, 0.2) is 0 Å². The first-order valence-electron chi connectivity index (χ1n) is 9.08. The number of hydrogen-bond acceptors (Lipinski definition) is 2. The summed E-state index contributed by atoms with van der Waals surface area (Å²) < 4.78 is 0. The van der Waals surface area contributed by atoms with Crippen molar-refractivity contribution in [2.24, 2.45) is 0 Å². The minimum absolute atomic E-state index is 0.121. The minimum atomic E-state index is 0.121. The van der Waals surface area contributed by atoms with E-state index in [4.69, 9.17) is 0 Å². The third-order valence-electron chi connectivity index (χ3n) is 3.99. The van der Waals surface area contributed by atoms with Gasteiger partial charge < -0.3 is 10.2 Å². The van der Waals surface area contributed by atoms with Crippen LogP contribution in [0.4, 0.5) is 0 Å². The number of benzene rings is 1. The van der Waals surface area contributed by atoms with E-state index in [0.29, 0.717) is 5.56 Å². The molecular weight excluding hydrogens is 284 g/mol. The third kappa shape index (κ3) is 9.12. The summed E-state index contributed by atoms with van der Waals surface area (Å²) in [6.45, 7) is 2.26. The van der Waals surface area contributed by atoms with Crippen LogP contribution in [0.25, 0.3) is 6.08 Å². The summed E-state index contributed by atoms with van der Waals surface area (Å²) in [7, 11) is 0. The average molecular weight is 316 g/mol. The highest BCUT2D eigenvalue weighted by atomic mass is 16.3. The topological polar surface area (TPSA) is 40.5 Å². The van der Waals surface area contributed by atoms with Crippen LogP contribution in [0.1, 0.15) is 76.7 Å². The van der Waals surface area contributed by atoms with Crippen LogP contribution in [0.5, 0.6) is 11.5 Å². The van der Waals surface area contributed by atoms with E-state index in [-0.39, 0.29) is 11.5 Å². The molecule has 0 bridgehead atoms. The quantitative estimate of drug-likeness (QED) is 0.337. The molecule has 0 aliphatic heterocycles. The number of unbranched alkanes of at least 4 members (excludes halogenated alkanes) is 8. The monoisotopic (exact) mass is 316 g/mol. The SMILES string of the molecule is CCCCCCCCCC=CCCC=Cc1c(O)cccc1O. The van der Waals surface area contributed by atoms with Crippen molar-refractivity contribution in [1.29, 1.82) is 0 Å². The third-order valence-corrected chi connectivity index (χ3v) is 3.99. The lowest BCUT2D eigenvalue weighted by Crippen LogP contribution is -1.79. The molecule has 0 aliphatic carbocycles. The van der Waals surface area contributed by atoms with E-state index in [1.54, 1.807) is 24.3 Å². The lowest BCUT2D eigenvalue weighted by atomic mass is 10.1. The predicted molar refractivity (Wildman–Crippen MR) is 99.8 cm³/mol.